The normalized spacial score (nSPS) is 35.0. The summed E-state index contributed by atoms with van der Waals surface area (Å²) in [5.74, 6) is 2.10. The van der Waals surface area contributed by atoms with E-state index in [0.29, 0.717) is 0 Å². The average molecular weight is 204 g/mol. The van der Waals surface area contributed by atoms with Gasteiger partial charge in [-0.05, 0) is 43.2 Å². The van der Waals surface area contributed by atoms with Crippen molar-refractivity contribution in [2.24, 2.45) is 11.8 Å². The van der Waals surface area contributed by atoms with Crippen molar-refractivity contribution in [1.82, 2.24) is 0 Å². The van der Waals surface area contributed by atoms with Gasteiger partial charge in [-0.3, -0.25) is 0 Å². The molecule has 2 aliphatic carbocycles. The van der Waals surface area contributed by atoms with Crippen LogP contribution in [0.2, 0.25) is 0 Å². The van der Waals surface area contributed by atoms with Crippen LogP contribution in [-0.4, -0.2) is 5.25 Å². The highest BCUT2D eigenvalue weighted by Crippen LogP contribution is 2.50. The van der Waals surface area contributed by atoms with E-state index in [4.69, 9.17) is 0 Å². The monoisotopic (exact) mass is 204 g/mol. The lowest BCUT2D eigenvalue weighted by Crippen LogP contribution is -2.11. The van der Waals surface area contributed by atoms with Crippen molar-refractivity contribution < 1.29 is 0 Å². The van der Waals surface area contributed by atoms with E-state index in [1.165, 1.54) is 30.6 Å². The molecule has 1 aromatic carbocycles. The first kappa shape index (κ1) is 8.84. The predicted molar refractivity (Wildman–Crippen MR) is 61.5 cm³/mol. The van der Waals surface area contributed by atoms with Gasteiger partial charge in [0, 0.05) is 10.1 Å². The molecule has 1 heteroatoms. The van der Waals surface area contributed by atoms with Crippen molar-refractivity contribution in [1.29, 1.82) is 0 Å². The standard InChI is InChI=1S/C13H16S/c1-2-4-12(5-3-1)14-13-9-10-6-7-11(13)8-10/h1-5,10-11,13H,6-9H2/t10-,11-,13-/m1/s1. The van der Waals surface area contributed by atoms with E-state index < -0.39 is 0 Å². The summed E-state index contributed by atoms with van der Waals surface area (Å²) < 4.78 is 0. The molecule has 2 fully saturated rings. The summed E-state index contributed by atoms with van der Waals surface area (Å²) in [5.41, 5.74) is 0. The zero-order valence-corrected chi connectivity index (χ0v) is 9.17. The molecule has 3 rings (SSSR count). The van der Waals surface area contributed by atoms with E-state index in [0.717, 1.165) is 17.1 Å². The SMILES string of the molecule is c1ccc(S[C@@H]2C[C@@H]3CC[C@@H]2C3)cc1. The third kappa shape index (κ3) is 1.58. The molecule has 0 N–H and O–H groups in total. The third-order valence-corrected chi connectivity index (χ3v) is 5.13. The van der Waals surface area contributed by atoms with E-state index in [1.54, 1.807) is 0 Å². The molecule has 0 radical (unpaired) electrons. The Hall–Kier alpha value is -0.430. The van der Waals surface area contributed by atoms with Gasteiger partial charge in [0.2, 0.25) is 0 Å². The lowest BCUT2D eigenvalue weighted by molar-refractivity contribution is 0.492. The molecule has 2 aliphatic rings. The summed E-state index contributed by atoms with van der Waals surface area (Å²) in [4.78, 5) is 1.46. The van der Waals surface area contributed by atoms with Gasteiger partial charge in [-0.15, -0.1) is 11.8 Å². The number of fused-ring (bicyclic) bond motifs is 2. The van der Waals surface area contributed by atoms with Gasteiger partial charge in [-0.25, -0.2) is 0 Å². The van der Waals surface area contributed by atoms with E-state index in [2.05, 4.69) is 42.1 Å². The maximum absolute atomic E-state index is 2.25. The van der Waals surface area contributed by atoms with Crippen LogP contribution >= 0.6 is 11.8 Å². The Morgan fingerprint density at radius 1 is 1.00 bits per heavy atom. The minimum absolute atomic E-state index is 0.927. The molecular formula is C13H16S. The molecule has 14 heavy (non-hydrogen) atoms. The van der Waals surface area contributed by atoms with Crippen molar-refractivity contribution in [2.75, 3.05) is 0 Å². The molecule has 2 bridgehead atoms. The molecule has 74 valence electrons. The van der Waals surface area contributed by atoms with Crippen LogP contribution in [0.4, 0.5) is 0 Å². The molecule has 0 spiro atoms. The Bertz CT molecular complexity index is 306. The van der Waals surface area contributed by atoms with Gasteiger partial charge >= 0.3 is 0 Å². The number of benzene rings is 1. The summed E-state index contributed by atoms with van der Waals surface area (Å²) >= 11 is 2.11. The van der Waals surface area contributed by atoms with Gasteiger partial charge in [-0.1, -0.05) is 24.6 Å². The first-order valence-electron chi connectivity index (χ1n) is 5.63. The summed E-state index contributed by atoms with van der Waals surface area (Å²) in [7, 11) is 0. The van der Waals surface area contributed by atoms with Crippen LogP contribution in [0.1, 0.15) is 25.7 Å². The van der Waals surface area contributed by atoms with Gasteiger partial charge in [0.15, 0.2) is 0 Å². The quantitative estimate of drug-likeness (QED) is 0.702. The van der Waals surface area contributed by atoms with E-state index in [9.17, 15) is 0 Å². The van der Waals surface area contributed by atoms with Crippen LogP contribution in [0, 0.1) is 11.8 Å². The van der Waals surface area contributed by atoms with E-state index in [-0.39, 0.29) is 0 Å². The van der Waals surface area contributed by atoms with Crippen LogP contribution in [-0.2, 0) is 0 Å². The first-order valence-corrected chi connectivity index (χ1v) is 6.51. The largest absolute Gasteiger partial charge is 0.122 e. The Morgan fingerprint density at radius 3 is 2.50 bits per heavy atom. The first-order chi connectivity index (χ1) is 6.92. The minimum Gasteiger partial charge on any atom is -0.122 e. The van der Waals surface area contributed by atoms with Gasteiger partial charge in [0.25, 0.3) is 0 Å². The third-order valence-electron chi connectivity index (χ3n) is 3.70. The Kier molecular flexibility index (Phi) is 2.28. The Balaban J connectivity index is 1.69. The zero-order valence-electron chi connectivity index (χ0n) is 8.36. The van der Waals surface area contributed by atoms with Crippen LogP contribution in [0.5, 0.6) is 0 Å². The van der Waals surface area contributed by atoms with Crippen molar-refractivity contribution in [3.05, 3.63) is 30.3 Å². The second-order valence-corrected chi connectivity index (χ2v) is 5.96. The second kappa shape index (κ2) is 3.62. The maximum atomic E-state index is 2.25. The number of thioether (sulfide) groups is 1. The van der Waals surface area contributed by atoms with Gasteiger partial charge in [0.1, 0.15) is 0 Å². The fraction of sp³-hybridized carbons (Fsp3) is 0.538. The van der Waals surface area contributed by atoms with E-state index in [1.807, 2.05) is 0 Å². The van der Waals surface area contributed by atoms with Crippen LogP contribution in [0.25, 0.3) is 0 Å². The molecular weight excluding hydrogens is 188 g/mol. The molecule has 0 unspecified atom stereocenters. The van der Waals surface area contributed by atoms with Crippen LogP contribution in [0.3, 0.4) is 0 Å². The van der Waals surface area contributed by atoms with Crippen molar-refractivity contribution in [2.45, 2.75) is 35.8 Å². The number of hydrogen-bond donors (Lipinski definition) is 0. The molecule has 0 aromatic heterocycles. The molecule has 3 atom stereocenters. The smallest absolute Gasteiger partial charge is 0.0125 e. The highest BCUT2D eigenvalue weighted by Gasteiger charge is 2.39. The fourth-order valence-electron chi connectivity index (χ4n) is 3.00. The topological polar surface area (TPSA) is 0 Å². The lowest BCUT2D eigenvalue weighted by atomic mass is 10.0. The highest BCUT2D eigenvalue weighted by atomic mass is 32.2. The summed E-state index contributed by atoms with van der Waals surface area (Å²) in [5, 5.41) is 0.927. The highest BCUT2D eigenvalue weighted by molar-refractivity contribution is 8.00. The van der Waals surface area contributed by atoms with Crippen LogP contribution < -0.4 is 0 Å². The molecule has 0 heterocycles. The summed E-state index contributed by atoms with van der Waals surface area (Å²) in [6, 6.07) is 10.9. The molecule has 2 saturated carbocycles. The number of hydrogen-bond acceptors (Lipinski definition) is 1. The van der Waals surface area contributed by atoms with Crippen molar-refractivity contribution in [3.63, 3.8) is 0 Å². The molecule has 0 saturated heterocycles. The number of rotatable bonds is 2. The van der Waals surface area contributed by atoms with Crippen molar-refractivity contribution in [3.8, 4) is 0 Å². The second-order valence-electron chi connectivity index (χ2n) is 4.64. The lowest BCUT2D eigenvalue weighted by Gasteiger charge is -2.20. The fourth-order valence-corrected chi connectivity index (χ4v) is 4.48. The minimum atomic E-state index is 0.927. The average Bonchev–Trinajstić information content (AvgIpc) is 2.81. The molecule has 0 aliphatic heterocycles. The molecule has 1 aromatic rings. The predicted octanol–water partition coefficient (Wildman–Crippen LogP) is 3.97. The van der Waals surface area contributed by atoms with Gasteiger partial charge in [-0.2, -0.15) is 0 Å². The zero-order chi connectivity index (χ0) is 9.38. The summed E-state index contributed by atoms with van der Waals surface area (Å²) in [6.07, 6.45) is 6.00. The maximum Gasteiger partial charge on any atom is 0.0125 e. The van der Waals surface area contributed by atoms with Gasteiger partial charge < -0.3 is 0 Å². The van der Waals surface area contributed by atoms with Crippen LogP contribution in [0.15, 0.2) is 35.2 Å². The van der Waals surface area contributed by atoms with Gasteiger partial charge in [0.05, 0.1) is 0 Å². The van der Waals surface area contributed by atoms with E-state index >= 15 is 0 Å². The molecule has 0 amide bonds. The Morgan fingerprint density at radius 2 is 1.86 bits per heavy atom. The van der Waals surface area contributed by atoms with Crippen molar-refractivity contribution >= 4 is 11.8 Å². The molecule has 0 nitrogen and oxygen atoms in total. The summed E-state index contributed by atoms with van der Waals surface area (Å²) in [6.45, 7) is 0. The Labute approximate surface area is 90.1 Å².